The van der Waals surface area contributed by atoms with Crippen LogP contribution in [0, 0.1) is 0 Å². The molecule has 1 aromatic heterocycles. The largest absolute Gasteiger partial charge is 0.490 e. The summed E-state index contributed by atoms with van der Waals surface area (Å²) in [6.07, 6.45) is 6.10. The summed E-state index contributed by atoms with van der Waals surface area (Å²) in [7, 11) is 0. The number of nitrogens with zero attached hydrogens (tertiary/aromatic N) is 2. The van der Waals surface area contributed by atoms with E-state index in [2.05, 4.69) is 20.4 Å². The topological polar surface area (TPSA) is 79.5 Å². The molecule has 0 bridgehead atoms. The molecule has 7 nitrogen and oxygen atoms in total. The Hall–Kier alpha value is -3.16. The number of ether oxygens (including phenoxy) is 2. The van der Waals surface area contributed by atoms with Crippen LogP contribution in [0.3, 0.4) is 0 Å². The first kappa shape index (κ1) is 21.1. The molecule has 1 aliphatic heterocycles. The van der Waals surface area contributed by atoms with Crippen molar-refractivity contribution in [1.82, 2.24) is 15.1 Å². The van der Waals surface area contributed by atoms with Crippen molar-refractivity contribution in [3.05, 3.63) is 66.5 Å². The monoisotopic (exact) mass is 420 g/mol. The van der Waals surface area contributed by atoms with Crippen LogP contribution in [0.5, 0.6) is 5.75 Å². The number of likely N-dealkylation sites (tertiary alicyclic amines) is 1. The Labute approximate surface area is 182 Å². The molecule has 4 rings (SSSR count). The summed E-state index contributed by atoms with van der Waals surface area (Å²) >= 11 is 0. The van der Waals surface area contributed by atoms with E-state index in [1.54, 1.807) is 6.20 Å². The number of rotatable bonds is 10. The summed E-state index contributed by atoms with van der Waals surface area (Å²) in [5, 5.41) is 9.76. The van der Waals surface area contributed by atoms with Crippen LogP contribution in [0.4, 0.5) is 5.69 Å². The van der Waals surface area contributed by atoms with Crippen LogP contribution in [-0.4, -0.2) is 53.9 Å². The summed E-state index contributed by atoms with van der Waals surface area (Å²) in [4.78, 5) is 14.8. The number of carbonyl (C=O) groups excluding carboxylic acids is 1. The molecule has 0 aliphatic carbocycles. The molecule has 2 N–H and O–H groups in total. The molecule has 0 spiro atoms. The molecule has 0 radical (unpaired) electrons. The molecule has 7 heteroatoms. The van der Waals surface area contributed by atoms with Crippen LogP contribution in [-0.2, 0) is 16.1 Å². The minimum atomic E-state index is -0.212. The summed E-state index contributed by atoms with van der Waals surface area (Å²) in [5.74, 6) is 0.436. The molecule has 1 fully saturated rings. The highest BCUT2D eigenvalue weighted by Gasteiger charge is 2.14. The summed E-state index contributed by atoms with van der Waals surface area (Å²) < 4.78 is 11.6. The lowest BCUT2D eigenvalue weighted by molar-refractivity contribution is -0.121. The highest BCUT2D eigenvalue weighted by Crippen LogP contribution is 2.31. The fraction of sp³-hybridized carbons (Fsp3) is 0.333. The van der Waals surface area contributed by atoms with E-state index in [4.69, 9.17) is 9.47 Å². The number of carbonyl (C=O) groups is 1. The van der Waals surface area contributed by atoms with Crippen molar-refractivity contribution in [3.8, 4) is 16.9 Å². The van der Waals surface area contributed by atoms with Crippen molar-refractivity contribution >= 4 is 11.6 Å². The smallest absolute Gasteiger partial charge is 0.250 e. The quantitative estimate of drug-likeness (QED) is 0.523. The lowest BCUT2D eigenvalue weighted by Crippen LogP contribution is -2.25. The second-order valence-corrected chi connectivity index (χ2v) is 7.62. The van der Waals surface area contributed by atoms with Gasteiger partial charge in [0.2, 0.25) is 5.91 Å². The minimum absolute atomic E-state index is 0.0222. The number of aromatic nitrogens is 2. The van der Waals surface area contributed by atoms with E-state index in [0.717, 1.165) is 36.3 Å². The van der Waals surface area contributed by atoms with E-state index < -0.39 is 0 Å². The Bertz CT molecular complexity index is 954. The van der Waals surface area contributed by atoms with Gasteiger partial charge in [0, 0.05) is 18.3 Å². The van der Waals surface area contributed by atoms with Crippen molar-refractivity contribution in [2.75, 3.05) is 38.2 Å². The first-order valence-corrected chi connectivity index (χ1v) is 10.7. The summed E-state index contributed by atoms with van der Waals surface area (Å²) in [6.45, 7) is 4.08. The average molecular weight is 421 g/mol. The van der Waals surface area contributed by atoms with Crippen LogP contribution in [0.2, 0.25) is 0 Å². The van der Waals surface area contributed by atoms with Gasteiger partial charge in [0.1, 0.15) is 19.0 Å². The third-order valence-corrected chi connectivity index (χ3v) is 5.30. The average Bonchev–Trinajstić information content (AvgIpc) is 3.50. The van der Waals surface area contributed by atoms with Gasteiger partial charge in [-0.25, -0.2) is 0 Å². The molecule has 1 saturated heterocycles. The fourth-order valence-electron chi connectivity index (χ4n) is 3.65. The molecule has 1 amide bonds. The van der Waals surface area contributed by atoms with E-state index in [1.807, 2.05) is 54.7 Å². The lowest BCUT2D eigenvalue weighted by atomic mass is 10.1. The number of amides is 1. The summed E-state index contributed by atoms with van der Waals surface area (Å²) in [6, 6.07) is 15.5. The first-order valence-electron chi connectivity index (χ1n) is 10.7. The first-order chi connectivity index (χ1) is 15.3. The molecule has 0 unspecified atom stereocenters. The SMILES string of the molecule is O=C(COCc1ccccc1)Nc1ccc(-c2cn[nH]c2)cc1OCCN1CCCC1. The number of aromatic amines is 1. The molecule has 162 valence electrons. The van der Waals surface area contributed by atoms with E-state index >= 15 is 0 Å². The van der Waals surface area contributed by atoms with Gasteiger partial charge >= 0.3 is 0 Å². The molecular weight excluding hydrogens is 392 g/mol. The molecular formula is C24H28N4O3. The predicted octanol–water partition coefficient (Wildman–Crippen LogP) is 3.71. The van der Waals surface area contributed by atoms with E-state index in [0.29, 0.717) is 24.7 Å². The van der Waals surface area contributed by atoms with Gasteiger partial charge in [-0.15, -0.1) is 0 Å². The normalized spacial score (nSPS) is 13.9. The van der Waals surface area contributed by atoms with Crippen molar-refractivity contribution in [2.45, 2.75) is 19.4 Å². The number of nitrogens with one attached hydrogen (secondary N) is 2. The minimum Gasteiger partial charge on any atom is -0.490 e. The fourth-order valence-corrected chi connectivity index (χ4v) is 3.65. The second-order valence-electron chi connectivity index (χ2n) is 7.62. The van der Waals surface area contributed by atoms with Crippen LogP contribution in [0.1, 0.15) is 18.4 Å². The molecule has 2 aromatic carbocycles. The van der Waals surface area contributed by atoms with Gasteiger partial charge in [0.15, 0.2) is 0 Å². The Morgan fingerprint density at radius 3 is 2.71 bits per heavy atom. The van der Waals surface area contributed by atoms with Crippen LogP contribution < -0.4 is 10.1 Å². The maximum Gasteiger partial charge on any atom is 0.250 e. The third kappa shape index (κ3) is 6.16. The maximum absolute atomic E-state index is 12.4. The van der Waals surface area contributed by atoms with Gasteiger partial charge in [0.05, 0.1) is 18.5 Å². The number of hydrogen-bond acceptors (Lipinski definition) is 5. The number of hydrogen-bond donors (Lipinski definition) is 2. The van der Waals surface area contributed by atoms with Crippen molar-refractivity contribution in [3.63, 3.8) is 0 Å². The molecule has 0 atom stereocenters. The Morgan fingerprint density at radius 1 is 1.10 bits per heavy atom. The van der Waals surface area contributed by atoms with Gasteiger partial charge in [-0.1, -0.05) is 36.4 Å². The van der Waals surface area contributed by atoms with Gasteiger partial charge in [-0.05, 0) is 49.2 Å². The zero-order chi connectivity index (χ0) is 21.3. The van der Waals surface area contributed by atoms with Crippen LogP contribution >= 0.6 is 0 Å². The number of anilines is 1. The van der Waals surface area contributed by atoms with Gasteiger partial charge < -0.3 is 14.8 Å². The van der Waals surface area contributed by atoms with Gasteiger partial charge in [0.25, 0.3) is 0 Å². The van der Waals surface area contributed by atoms with Crippen molar-refractivity contribution in [1.29, 1.82) is 0 Å². The lowest BCUT2D eigenvalue weighted by Gasteiger charge is -2.17. The Kier molecular flexibility index (Phi) is 7.31. The van der Waals surface area contributed by atoms with Crippen LogP contribution in [0.25, 0.3) is 11.1 Å². The predicted molar refractivity (Wildman–Crippen MR) is 120 cm³/mol. The highest BCUT2D eigenvalue weighted by atomic mass is 16.5. The second kappa shape index (κ2) is 10.7. The highest BCUT2D eigenvalue weighted by molar-refractivity contribution is 5.93. The maximum atomic E-state index is 12.4. The van der Waals surface area contributed by atoms with Gasteiger partial charge in [-0.2, -0.15) is 5.10 Å². The molecule has 31 heavy (non-hydrogen) atoms. The standard InChI is InChI=1S/C24H28N4O3/c29-24(18-30-17-19-6-2-1-3-7-19)27-22-9-8-20(21-15-25-26-16-21)14-23(22)31-13-12-28-10-4-5-11-28/h1-3,6-9,14-16H,4-5,10-13,17-18H2,(H,25,26)(H,27,29). The molecule has 1 aliphatic rings. The Balaban J connectivity index is 1.37. The number of benzene rings is 2. The third-order valence-electron chi connectivity index (χ3n) is 5.30. The summed E-state index contributed by atoms with van der Waals surface area (Å²) in [5.41, 5.74) is 3.62. The molecule has 0 saturated carbocycles. The zero-order valence-electron chi connectivity index (χ0n) is 17.5. The van der Waals surface area contributed by atoms with E-state index in [9.17, 15) is 4.79 Å². The van der Waals surface area contributed by atoms with Crippen molar-refractivity contribution < 1.29 is 14.3 Å². The van der Waals surface area contributed by atoms with Crippen LogP contribution in [0.15, 0.2) is 60.9 Å². The number of H-pyrrole nitrogens is 1. The molecule has 2 heterocycles. The molecule has 3 aromatic rings. The Morgan fingerprint density at radius 2 is 1.94 bits per heavy atom. The zero-order valence-corrected chi connectivity index (χ0v) is 17.5. The van der Waals surface area contributed by atoms with Gasteiger partial charge in [-0.3, -0.25) is 14.8 Å². The van der Waals surface area contributed by atoms with E-state index in [-0.39, 0.29) is 12.5 Å². The van der Waals surface area contributed by atoms with E-state index in [1.165, 1.54) is 12.8 Å². The van der Waals surface area contributed by atoms with Crippen molar-refractivity contribution in [2.24, 2.45) is 0 Å².